The van der Waals surface area contributed by atoms with E-state index >= 15 is 0 Å². The van der Waals surface area contributed by atoms with Crippen molar-refractivity contribution < 1.29 is 14.3 Å². The predicted molar refractivity (Wildman–Crippen MR) is 101 cm³/mol. The van der Waals surface area contributed by atoms with Crippen LogP contribution in [-0.2, 0) is 0 Å². The van der Waals surface area contributed by atoms with Crippen LogP contribution in [0.2, 0.25) is 5.02 Å². The summed E-state index contributed by atoms with van der Waals surface area (Å²) >= 11 is 5.99. The van der Waals surface area contributed by atoms with E-state index in [2.05, 4.69) is 0 Å². The van der Waals surface area contributed by atoms with E-state index < -0.39 is 0 Å². The Morgan fingerprint density at radius 1 is 0.923 bits per heavy atom. The topological polar surface area (TPSA) is 49.9 Å². The van der Waals surface area contributed by atoms with Gasteiger partial charge in [0.05, 0.1) is 12.7 Å². The van der Waals surface area contributed by atoms with Crippen LogP contribution in [0.3, 0.4) is 0 Å². The van der Waals surface area contributed by atoms with Gasteiger partial charge in [-0.25, -0.2) is 0 Å². The van der Waals surface area contributed by atoms with Gasteiger partial charge in [-0.05, 0) is 36.8 Å². The fraction of sp³-hybridized carbons (Fsp3) is 0.300. The molecule has 0 aromatic heterocycles. The van der Waals surface area contributed by atoms with Gasteiger partial charge in [0.15, 0.2) is 0 Å². The SMILES string of the molecule is COc1ccccc1C(=O)N1CCCN(C(=O)c2cccc(Cl)c2)CC1. The molecule has 0 spiro atoms. The minimum atomic E-state index is -0.0699. The van der Waals surface area contributed by atoms with Crippen LogP contribution >= 0.6 is 11.6 Å². The van der Waals surface area contributed by atoms with Gasteiger partial charge in [0.2, 0.25) is 0 Å². The van der Waals surface area contributed by atoms with Gasteiger partial charge >= 0.3 is 0 Å². The fourth-order valence-electron chi connectivity index (χ4n) is 3.12. The Morgan fingerprint density at radius 2 is 1.62 bits per heavy atom. The van der Waals surface area contributed by atoms with Gasteiger partial charge in [-0.3, -0.25) is 9.59 Å². The number of carbonyl (C=O) groups is 2. The van der Waals surface area contributed by atoms with Gasteiger partial charge < -0.3 is 14.5 Å². The summed E-state index contributed by atoms with van der Waals surface area (Å²) < 4.78 is 5.29. The fourth-order valence-corrected chi connectivity index (χ4v) is 3.31. The van der Waals surface area contributed by atoms with Crippen molar-refractivity contribution in [2.75, 3.05) is 33.3 Å². The van der Waals surface area contributed by atoms with E-state index in [0.29, 0.717) is 48.1 Å². The molecule has 26 heavy (non-hydrogen) atoms. The molecule has 0 radical (unpaired) electrons. The lowest BCUT2D eigenvalue weighted by Gasteiger charge is -2.23. The van der Waals surface area contributed by atoms with Crippen LogP contribution in [0, 0.1) is 0 Å². The third-order valence-electron chi connectivity index (χ3n) is 4.48. The summed E-state index contributed by atoms with van der Waals surface area (Å²) in [6, 6.07) is 14.1. The first kappa shape index (κ1) is 18.3. The summed E-state index contributed by atoms with van der Waals surface area (Å²) in [5.41, 5.74) is 1.12. The van der Waals surface area contributed by atoms with E-state index in [9.17, 15) is 9.59 Å². The smallest absolute Gasteiger partial charge is 0.257 e. The third-order valence-corrected chi connectivity index (χ3v) is 4.71. The quantitative estimate of drug-likeness (QED) is 0.830. The molecule has 1 heterocycles. The molecule has 1 aliphatic rings. The number of amides is 2. The van der Waals surface area contributed by atoms with Crippen molar-refractivity contribution in [3.8, 4) is 5.75 Å². The van der Waals surface area contributed by atoms with Crippen LogP contribution in [0.1, 0.15) is 27.1 Å². The number of ether oxygens (including phenoxy) is 1. The first-order valence-corrected chi connectivity index (χ1v) is 8.95. The Kier molecular flexibility index (Phi) is 5.78. The number of nitrogens with zero attached hydrogens (tertiary/aromatic N) is 2. The Labute approximate surface area is 158 Å². The van der Waals surface area contributed by atoms with E-state index in [0.717, 1.165) is 6.42 Å². The second-order valence-electron chi connectivity index (χ2n) is 6.15. The van der Waals surface area contributed by atoms with E-state index in [-0.39, 0.29) is 11.8 Å². The third kappa shape index (κ3) is 3.99. The molecule has 0 unspecified atom stereocenters. The number of halogens is 1. The number of rotatable bonds is 3. The molecule has 0 saturated carbocycles. The van der Waals surface area contributed by atoms with Crippen LogP contribution in [0.25, 0.3) is 0 Å². The number of carbonyl (C=O) groups excluding carboxylic acids is 2. The lowest BCUT2D eigenvalue weighted by atomic mass is 10.1. The van der Waals surface area contributed by atoms with Crippen molar-refractivity contribution in [1.82, 2.24) is 9.80 Å². The highest BCUT2D eigenvalue weighted by atomic mass is 35.5. The minimum absolute atomic E-state index is 0.0564. The first-order valence-electron chi connectivity index (χ1n) is 8.57. The highest BCUT2D eigenvalue weighted by Crippen LogP contribution is 2.21. The van der Waals surface area contributed by atoms with Gasteiger partial charge in [-0.1, -0.05) is 29.8 Å². The van der Waals surface area contributed by atoms with Crippen LogP contribution in [0.5, 0.6) is 5.75 Å². The number of hydrogen-bond acceptors (Lipinski definition) is 3. The molecule has 3 rings (SSSR count). The highest BCUT2D eigenvalue weighted by Gasteiger charge is 2.25. The minimum Gasteiger partial charge on any atom is -0.496 e. The van der Waals surface area contributed by atoms with E-state index in [1.807, 2.05) is 12.1 Å². The monoisotopic (exact) mass is 372 g/mol. The summed E-state index contributed by atoms with van der Waals surface area (Å²) in [7, 11) is 1.56. The second-order valence-corrected chi connectivity index (χ2v) is 6.59. The molecular formula is C20H21ClN2O3. The Bertz CT molecular complexity index is 809. The number of para-hydroxylation sites is 1. The van der Waals surface area contributed by atoms with Crippen molar-refractivity contribution in [2.24, 2.45) is 0 Å². The maximum Gasteiger partial charge on any atom is 0.257 e. The van der Waals surface area contributed by atoms with Crippen LogP contribution in [0.4, 0.5) is 0 Å². The largest absolute Gasteiger partial charge is 0.496 e. The standard InChI is InChI=1S/C20H21ClN2O3/c1-26-18-9-3-2-8-17(18)20(25)23-11-5-10-22(12-13-23)19(24)15-6-4-7-16(21)14-15/h2-4,6-9,14H,5,10-13H2,1H3. The number of benzene rings is 2. The normalized spacial score (nSPS) is 14.7. The van der Waals surface area contributed by atoms with E-state index in [1.54, 1.807) is 53.3 Å². The molecule has 0 bridgehead atoms. The molecule has 2 aromatic carbocycles. The summed E-state index contributed by atoms with van der Waals surface area (Å²) in [5.74, 6) is 0.437. The molecule has 6 heteroatoms. The lowest BCUT2D eigenvalue weighted by Crippen LogP contribution is -2.37. The molecule has 136 valence electrons. The molecule has 5 nitrogen and oxygen atoms in total. The summed E-state index contributed by atoms with van der Waals surface area (Å²) in [6.07, 6.45) is 0.729. The molecular weight excluding hydrogens is 352 g/mol. The van der Waals surface area contributed by atoms with Gasteiger partial charge in [-0.15, -0.1) is 0 Å². The molecule has 0 aliphatic carbocycles. The lowest BCUT2D eigenvalue weighted by molar-refractivity contribution is 0.0717. The van der Waals surface area contributed by atoms with Crippen molar-refractivity contribution in [3.63, 3.8) is 0 Å². The maximum absolute atomic E-state index is 12.8. The Balaban J connectivity index is 1.70. The van der Waals surface area contributed by atoms with Crippen molar-refractivity contribution in [1.29, 1.82) is 0 Å². The Hall–Kier alpha value is -2.53. The maximum atomic E-state index is 12.8. The summed E-state index contributed by atoms with van der Waals surface area (Å²) in [4.78, 5) is 29.1. The van der Waals surface area contributed by atoms with Crippen LogP contribution < -0.4 is 4.74 Å². The first-order chi connectivity index (χ1) is 12.6. The summed E-state index contributed by atoms with van der Waals surface area (Å²) in [5, 5.41) is 0.540. The molecule has 1 fully saturated rings. The molecule has 0 atom stereocenters. The highest BCUT2D eigenvalue weighted by molar-refractivity contribution is 6.30. The van der Waals surface area contributed by atoms with E-state index in [4.69, 9.17) is 16.3 Å². The summed E-state index contributed by atoms with van der Waals surface area (Å²) in [6.45, 7) is 2.20. The van der Waals surface area contributed by atoms with Gasteiger partial charge in [-0.2, -0.15) is 0 Å². The van der Waals surface area contributed by atoms with Crippen LogP contribution in [-0.4, -0.2) is 54.9 Å². The average Bonchev–Trinajstić information content (AvgIpc) is 2.93. The molecule has 1 saturated heterocycles. The predicted octanol–water partition coefficient (Wildman–Crippen LogP) is 3.34. The molecule has 2 aromatic rings. The van der Waals surface area contributed by atoms with Gasteiger partial charge in [0.1, 0.15) is 5.75 Å². The van der Waals surface area contributed by atoms with E-state index in [1.165, 1.54) is 0 Å². The second kappa shape index (κ2) is 8.23. The van der Waals surface area contributed by atoms with Crippen molar-refractivity contribution in [2.45, 2.75) is 6.42 Å². The number of hydrogen-bond donors (Lipinski definition) is 0. The molecule has 2 amide bonds. The van der Waals surface area contributed by atoms with Crippen molar-refractivity contribution >= 4 is 23.4 Å². The van der Waals surface area contributed by atoms with Crippen LogP contribution in [0.15, 0.2) is 48.5 Å². The molecule has 0 N–H and O–H groups in total. The molecule has 1 aliphatic heterocycles. The zero-order valence-electron chi connectivity index (χ0n) is 14.7. The average molecular weight is 373 g/mol. The Morgan fingerprint density at radius 3 is 2.31 bits per heavy atom. The van der Waals surface area contributed by atoms with Gasteiger partial charge in [0.25, 0.3) is 11.8 Å². The number of methoxy groups -OCH3 is 1. The van der Waals surface area contributed by atoms with Crippen molar-refractivity contribution in [3.05, 3.63) is 64.7 Å². The van der Waals surface area contributed by atoms with Gasteiger partial charge in [0, 0.05) is 36.8 Å². The zero-order chi connectivity index (χ0) is 18.5. The zero-order valence-corrected chi connectivity index (χ0v) is 15.4.